The Morgan fingerprint density at radius 3 is 2.35 bits per heavy atom. The molecule has 2 aliphatic rings. The lowest BCUT2D eigenvalue weighted by Crippen LogP contribution is -2.63. The van der Waals surface area contributed by atoms with Crippen molar-refractivity contribution in [3.05, 3.63) is 57.2 Å². The first-order valence-electron chi connectivity index (χ1n) is 14.6. The molecule has 1 aromatic heterocycles. The number of nitrogens with zero attached hydrogens (tertiary/aromatic N) is 3. The number of carbonyl (C=O) groups excluding carboxylic acids is 4. The van der Waals surface area contributed by atoms with E-state index in [2.05, 4.69) is 10.1 Å². The molecule has 2 aromatic rings. The quantitative estimate of drug-likeness (QED) is 0.0934. The molecule has 11 nitrogen and oxygen atoms in total. The molecule has 0 unspecified atom stereocenters. The van der Waals surface area contributed by atoms with E-state index in [1.807, 2.05) is 6.92 Å². The molecule has 0 N–H and O–H groups in total. The van der Waals surface area contributed by atoms with Gasteiger partial charge in [-0.2, -0.15) is 0 Å². The zero-order chi connectivity index (χ0) is 34.0. The van der Waals surface area contributed by atoms with Crippen LogP contribution in [0.15, 0.2) is 46.1 Å². The largest absolute Gasteiger partial charge is 0.497 e. The molecule has 0 saturated carbocycles. The number of ether oxygens (including phenoxy) is 3. The number of fused-ring (bicyclic) bond motifs is 1. The number of oxime groups is 1. The number of hydrogen-bond acceptors (Lipinski definition) is 12. The number of methoxy groups -OCH3 is 1. The first kappa shape index (κ1) is 35.4. The first-order valence-corrected chi connectivity index (χ1v) is 16.9. The van der Waals surface area contributed by atoms with Crippen molar-refractivity contribution in [3.63, 3.8) is 0 Å². The number of alkyl halides is 1. The maximum Gasteiger partial charge on any atom is 0.355 e. The average Bonchev–Trinajstić information content (AvgIpc) is 3.42. The summed E-state index contributed by atoms with van der Waals surface area (Å²) < 4.78 is 16.2. The number of halogens is 1. The van der Waals surface area contributed by atoms with Crippen LogP contribution in [0, 0.1) is 12.8 Å². The van der Waals surface area contributed by atoms with Crippen molar-refractivity contribution in [2.24, 2.45) is 11.1 Å². The lowest BCUT2D eigenvalue weighted by molar-refractivity contribution is -0.179. The molecule has 1 amide bonds. The van der Waals surface area contributed by atoms with Gasteiger partial charge in [0, 0.05) is 22.9 Å². The molecule has 248 valence electrons. The highest BCUT2D eigenvalue weighted by Gasteiger charge is 2.55. The topological polar surface area (TPSA) is 134 Å². The molecule has 2 aliphatic heterocycles. The van der Waals surface area contributed by atoms with Gasteiger partial charge in [-0.25, -0.2) is 14.6 Å². The van der Waals surface area contributed by atoms with E-state index in [9.17, 15) is 19.2 Å². The van der Waals surface area contributed by atoms with Crippen molar-refractivity contribution >= 4 is 64.0 Å². The molecule has 0 spiro atoms. The Morgan fingerprint density at radius 1 is 1.11 bits per heavy atom. The Bertz CT molecular complexity index is 1560. The van der Waals surface area contributed by atoms with E-state index >= 15 is 0 Å². The van der Waals surface area contributed by atoms with Crippen molar-refractivity contribution in [2.45, 2.75) is 83.3 Å². The summed E-state index contributed by atoms with van der Waals surface area (Å²) in [4.78, 5) is 64.8. The number of β-lactam (4-membered cyclic amide) rings is 1. The minimum Gasteiger partial charge on any atom is -0.497 e. The number of ketones is 1. The number of esters is 2. The number of thioether (sulfide) groups is 1. The number of benzene rings is 1. The molecule has 3 atom stereocenters. The molecule has 1 aromatic carbocycles. The van der Waals surface area contributed by atoms with E-state index in [0.29, 0.717) is 16.3 Å². The summed E-state index contributed by atoms with van der Waals surface area (Å²) in [5, 5.41) is 5.74. The number of aryl methyl sites for hydroxylation is 1. The molecular formula is C32H38ClN3O8S2. The SMILES string of the molecule is COc1ccc(COC(=O)C2=C(CCl)[C@H](C)S[C@@H]3[C@H](CC(=O)/C(=N\OC(C)(C)C(=O)OC(C)(C)C)c4csc(C)n4)C(=O)N23)cc1. The van der Waals surface area contributed by atoms with Crippen LogP contribution >= 0.6 is 34.7 Å². The molecule has 0 bridgehead atoms. The highest BCUT2D eigenvalue weighted by molar-refractivity contribution is 8.00. The molecule has 1 fully saturated rings. The summed E-state index contributed by atoms with van der Waals surface area (Å²) in [7, 11) is 1.56. The lowest BCUT2D eigenvalue weighted by Gasteiger charge is -2.51. The van der Waals surface area contributed by atoms with Crippen LogP contribution in [0.5, 0.6) is 5.75 Å². The fourth-order valence-corrected chi connectivity index (χ4v) is 7.25. The van der Waals surface area contributed by atoms with Gasteiger partial charge in [0.15, 0.2) is 11.5 Å². The van der Waals surface area contributed by atoms with Gasteiger partial charge in [-0.15, -0.1) is 34.7 Å². The number of carbonyl (C=O) groups is 4. The predicted octanol–water partition coefficient (Wildman–Crippen LogP) is 5.42. The fraction of sp³-hybridized carbons (Fsp3) is 0.500. The van der Waals surface area contributed by atoms with Crippen LogP contribution in [0.25, 0.3) is 0 Å². The third-order valence-electron chi connectivity index (χ3n) is 7.19. The second kappa shape index (κ2) is 14.1. The maximum atomic E-state index is 13.7. The van der Waals surface area contributed by atoms with Crippen LogP contribution in [0.1, 0.15) is 64.2 Å². The molecule has 1 saturated heterocycles. The van der Waals surface area contributed by atoms with Crippen LogP contribution in [-0.2, 0) is 40.1 Å². The zero-order valence-corrected chi connectivity index (χ0v) is 29.4. The minimum absolute atomic E-state index is 0.00937. The van der Waals surface area contributed by atoms with Gasteiger partial charge in [0.2, 0.25) is 11.5 Å². The van der Waals surface area contributed by atoms with Gasteiger partial charge < -0.3 is 19.0 Å². The van der Waals surface area contributed by atoms with E-state index in [4.69, 9.17) is 30.6 Å². The third-order valence-corrected chi connectivity index (χ3v) is 9.76. The fourth-order valence-electron chi connectivity index (χ4n) is 4.69. The van der Waals surface area contributed by atoms with Crippen LogP contribution in [0.2, 0.25) is 0 Å². The van der Waals surface area contributed by atoms with Gasteiger partial charge in [0.05, 0.1) is 23.4 Å². The summed E-state index contributed by atoms with van der Waals surface area (Å²) in [5.41, 5.74) is -0.665. The van der Waals surface area contributed by atoms with Crippen molar-refractivity contribution < 1.29 is 38.2 Å². The molecule has 0 radical (unpaired) electrons. The third kappa shape index (κ3) is 7.92. The number of Topliss-reactive ketones (excluding diaryl/α,β-unsaturated/α-hetero) is 1. The summed E-state index contributed by atoms with van der Waals surface area (Å²) in [6.07, 6.45) is -0.213. The van der Waals surface area contributed by atoms with E-state index < -0.39 is 46.1 Å². The van der Waals surface area contributed by atoms with Gasteiger partial charge in [0.1, 0.15) is 29.3 Å². The van der Waals surface area contributed by atoms with E-state index in [1.54, 1.807) is 64.5 Å². The maximum absolute atomic E-state index is 13.7. The number of hydrogen-bond donors (Lipinski definition) is 0. The summed E-state index contributed by atoms with van der Waals surface area (Å²) >= 11 is 9.02. The number of aromatic nitrogens is 1. The zero-order valence-electron chi connectivity index (χ0n) is 27.0. The van der Waals surface area contributed by atoms with Gasteiger partial charge in [-0.3, -0.25) is 14.5 Å². The van der Waals surface area contributed by atoms with Crippen LogP contribution in [-0.4, -0.2) is 74.0 Å². The van der Waals surface area contributed by atoms with Crippen molar-refractivity contribution in [1.82, 2.24) is 9.88 Å². The van der Waals surface area contributed by atoms with Gasteiger partial charge >= 0.3 is 11.9 Å². The Morgan fingerprint density at radius 2 is 1.78 bits per heavy atom. The van der Waals surface area contributed by atoms with E-state index in [-0.39, 0.29) is 41.3 Å². The molecule has 14 heteroatoms. The summed E-state index contributed by atoms with van der Waals surface area (Å²) in [6.45, 7) is 11.9. The normalized spacial score (nSPS) is 20.1. The Balaban J connectivity index is 1.52. The van der Waals surface area contributed by atoms with Gasteiger partial charge in [-0.05, 0) is 71.7 Å². The highest BCUT2D eigenvalue weighted by Crippen LogP contribution is 2.48. The number of thiazole rings is 1. The molecule has 46 heavy (non-hydrogen) atoms. The van der Waals surface area contributed by atoms with Gasteiger partial charge in [-0.1, -0.05) is 17.3 Å². The van der Waals surface area contributed by atoms with Crippen molar-refractivity contribution in [3.8, 4) is 5.75 Å². The smallest absolute Gasteiger partial charge is 0.355 e. The summed E-state index contributed by atoms with van der Waals surface area (Å²) in [5.74, 6) is -2.26. The lowest BCUT2D eigenvalue weighted by atomic mass is 9.89. The molecular weight excluding hydrogens is 654 g/mol. The van der Waals surface area contributed by atoms with E-state index in [1.165, 1.54) is 41.8 Å². The second-order valence-electron chi connectivity index (χ2n) is 12.3. The van der Waals surface area contributed by atoms with Gasteiger partial charge in [0.25, 0.3) is 0 Å². The van der Waals surface area contributed by atoms with Crippen LogP contribution < -0.4 is 4.74 Å². The standard InChI is InChI=1S/C32H38ClN3O8S2/c1-17-22(14-33)26(29(39)42-15-19-9-11-20(41-8)12-10-19)36-27(38)21(28(36)46-17)13-24(37)25(23-16-45-18(2)34-23)35-44-32(6,7)30(40)43-31(3,4)5/h9-12,16-17,21,28H,13-15H2,1-8H3/b35-25-/t17-,21+,28+/m0/s1. The van der Waals surface area contributed by atoms with Crippen LogP contribution in [0.3, 0.4) is 0 Å². The minimum atomic E-state index is -1.51. The predicted molar refractivity (Wildman–Crippen MR) is 176 cm³/mol. The summed E-state index contributed by atoms with van der Waals surface area (Å²) in [6, 6.07) is 7.08. The molecule has 0 aliphatic carbocycles. The first-order chi connectivity index (χ1) is 21.6. The average molecular weight is 692 g/mol. The monoisotopic (exact) mass is 691 g/mol. The Hall–Kier alpha value is -3.42. The second-order valence-corrected chi connectivity index (χ2v) is 15.1. The highest BCUT2D eigenvalue weighted by atomic mass is 35.5. The van der Waals surface area contributed by atoms with Crippen LogP contribution in [0.4, 0.5) is 0 Å². The Labute approximate surface area is 281 Å². The van der Waals surface area contributed by atoms with E-state index in [0.717, 1.165) is 5.56 Å². The number of rotatable bonds is 12. The number of amides is 1. The van der Waals surface area contributed by atoms with Crippen molar-refractivity contribution in [2.75, 3.05) is 13.0 Å². The van der Waals surface area contributed by atoms with Crippen molar-refractivity contribution in [1.29, 1.82) is 0 Å². The molecule has 4 rings (SSSR count). The Kier molecular flexibility index (Phi) is 10.9. The molecule has 3 heterocycles.